The van der Waals surface area contributed by atoms with E-state index in [0.717, 1.165) is 4.90 Å². The van der Waals surface area contributed by atoms with Gasteiger partial charge in [-0.2, -0.15) is 0 Å². The zero-order valence-electron chi connectivity index (χ0n) is 12.0. The minimum Gasteiger partial charge on any atom is -0.497 e. The lowest BCUT2D eigenvalue weighted by Crippen LogP contribution is -2.44. The van der Waals surface area contributed by atoms with Crippen LogP contribution in [0.15, 0.2) is 24.3 Å². The molecule has 0 spiro atoms. The van der Waals surface area contributed by atoms with Crippen LogP contribution in [0.1, 0.15) is 6.92 Å². The van der Waals surface area contributed by atoms with Gasteiger partial charge in [-0.1, -0.05) is 0 Å². The first-order valence-electron chi connectivity index (χ1n) is 6.46. The molecule has 0 aliphatic carbocycles. The Hall–Kier alpha value is -1.89. The predicted octanol–water partition coefficient (Wildman–Crippen LogP) is 1.55. The van der Waals surface area contributed by atoms with E-state index in [-0.39, 0.29) is 13.2 Å². The highest BCUT2D eigenvalue weighted by atomic mass is 19.3. The molecule has 1 rings (SSSR count). The van der Waals surface area contributed by atoms with Crippen molar-refractivity contribution in [3.8, 4) is 11.5 Å². The molecule has 1 N–H and O–H groups in total. The van der Waals surface area contributed by atoms with E-state index >= 15 is 0 Å². The number of nitrogens with zero attached hydrogens (tertiary/aromatic N) is 1. The summed E-state index contributed by atoms with van der Waals surface area (Å²) in [4.78, 5) is 12.9. The highest BCUT2D eigenvalue weighted by Gasteiger charge is 2.24. The normalized spacial score (nSPS) is 12.1. The quantitative estimate of drug-likeness (QED) is 0.791. The fraction of sp³-hybridized carbons (Fsp3) is 0.500. The van der Waals surface area contributed by atoms with Gasteiger partial charge in [0, 0.05) is 6.54 Å². The van der Waals surface area contributed by atoms with Crippen LogP contribution in [0.5, 0.6) is 11.5 Å². The molecule has 0 saturated heterocycles. The molecule has 0 bridgehead atoms. The molecule has 1 aromatic carbocycles. The Morgan fingerprint density at radius 2 is 1.86 bits per heavy atom. The fourth-order valence-corrected chi connectivity index (χ4v) is 1.74. The van der Waals surface area contributed by atoms with E-state index in [2.05, 4.69) is 0 Å². The van der Waals surface area contributed by atoms with Crippen LogP contribution in [0.4, 0.5) is 8.78 Å². The van der Waals surface area contributed by atoms with Crippen molar-refractivity contribution >= 4 is 5.91 Å². The molecule has 0 saturated carbocycles. The average molecular weight is 303 g/mol. The molecule has 0 heterocycles. The number of rotatable bonds is 8. The molecular formula is C14H19F2NO4. The predicted molar refractivity (Wildman–Crippen MR) is 72.8 cm³/mol. The van der Waals surface area contributed by atoms with Crippen LogP contribution in [0.2, 0.25) is 0 Å². The highest BCUT2D eigenvalue weighted by molar-refractivity contribution is 5.81. The number of amides is 1. The van der Waals surface area contributed by atoms with Crippen LogP contribution in [0, 0.1) is 0 Å². The first-order chi connectivity index (χ1) is 9.97. The Morgan fingerprint density at radius 1 is 1.29 bits per heavy atom. The summed E-state index contributed by atoms with van der Waals surface area (Å²) >= 11 is 0. The van der Waals surface area contributed by atoms with Crippen molar-refractivity contribution in [2.24, 2.45) is 0 Å². The van der Waals surface area contributed by atoms with Gasteiger partial charge in [0.05, 0.1) is 20.3 Å². The summed E-state index contributed by atoms with van der Waals surface area (Å²) < 4.78 is 35.2. The topological polar surface area (TPSA) is 59.0 Å². The van der Waals surface area contributed by atoms with E-state index in [0.29, 0.717) is 11.5 Å². The van der Waals surface area contributed by atoms with E-state index in [1.807, 2.05) is 0 Å². The van der Waals surface area contributed by atoms with Gasteiger partial charge in [0.2, 0.25) is 0 Å². The average Bonchev–Trinajstić information content (AvgIpc) is 2.46. The molecule has 21 heavy (non-hydrogen) atoms. The molecule has 0 aromatic heterocycles. The van der Waals surface area contributed by atoms with Crippen LogP contribution in [-0.4, -0.2) is 55.2 Å². The van der Waals surface area contributed by atoms with Crippen LogP contribution in [0.25, 0.3) is 0 Å². The second-order valence-electron chi connectivity index (χ2n) is 4.33. The summed E-state index contributed by atoms with van der Waals surface area (Å²) in [6.45, 7) is 0.214. The number of hydrogen-bond donors (Lipinski definition) is 1. The van der Waals surface area contributed by atoms with Gasteiger partial charge in [-0.15, -0.1) is 0 Å². The van der Waals surface area contributed by atoms with Crippen molar-refractivity contribution < 1.29 is 28.2 Å². The van der Waals surface area contributed by atoms with Gasteiger partial charge in [0.25, 0.3) is 12.3 Å². The number of ether oxygens (including phenoxy) is 2. The number of hydrogen-bond acceptors (Lipinski definition) is 4. The van der Waals surface area contributed by atoms with Crippen molar-refractivity contribution in [1.29, 1.82) is 0 Å². The fourth-order valence-electron chi connectivity index (χ4n) is 1.74. The van der Waals surface area contributed by atoms with Crippen molar-refractivity contribution in [3.05, 3.63) is 24.3 Å². The second-order valence-corrected chi connectivity index (χ2v) is 4.33. The molecular weight excluding hydrogens is 284 g/mol. The molecule has 118 valence electrons. The summed E-state index contributed by atoms with van der Waals surface area (Å²) in [5, 5.41) is 8.83. The Kier molecular flexibility index (Phi) is 6.87. The third-order valence-electron chi connectivity index (χ3n) is 2.76. The lowest BCUT2D eigenvalue weighted by molar-refractivity contribution is -0.140. The van der Waals surface area contributed by atoms with Crippen molar-refractivity contribution in [3.63, 3.8) is 0 Å². The maximum Gasteiger partial charge on any atom is 0.263 e. The van der Waals surface area contributed by atoms with Gasteiger partial charge < -0.3 is 19.5 Å². The maximum atomic E-state index is 12.4. The number of carbonyl (C=O) groups is 1. The summed E-state index contributed by atoms with van der Waals surface area (Å²) in [7, 11) is 1.53. The number of aliphatic hydroxyl groups excluding tert-OH is 1. The monoisotopic (exact) mass is 303 g/mol. The molecule has 1 atom stereocenters. The smallest absolute Gasteiger partial charge is 0.263 e. The molecule has 5 nitrogen and oxygen atoms in total. The lowest BCUT2D eigenvalue weighted by atomic mass is 10.3. The minimum atomic E-state index is -2.66. The van der Waals surface area contributed by atoms with Crippen molar-refractivity contribution in [2.75, 3.05) is 26.8 Å². The molecule has 1 amide bonds. The molecule has 1 unspecified atom stereocenters. The number of methoxy groups -OCH3 is 1. The summed E-state index contributed by atoms with van der Waals surface area (Å²) in [5.41, 5.74) is 0. The Balaban J connectivity index is 2.66. The second kappa shape index (κ2) is 8.41. The van der Waals surface area contributed by atoms with E-state index in [1.165, 1.54) is 14.0 Å². The van der Waals surface area contributed by atoms with Crippen molar-refractivity contribution in [2.45, 2.75) is 19.5 Å². The van der Waals surface area contributed by atoms with Gasteiger partial charge in [-0.05, 0) is 31.2 Å². The van der Waals surface area contributed by atoms with E-state index < -0.39 is 25.0 Å². The minimum absolute atomic E-state index is 0.153. The maximum absolute atomic E-state index is 12.4. The highest BCUT2D eigenvalue weighted by Crippen LogP contribution is 2.18. The Labute approximate surface area is 122 Å². The SMILES string of the molecule is COc1ccc(OC(C)C(=O)N(CCO)CC(F)F)cc1. The van der Waals surface area contributed by atoms with E-state index in [1.54, 1.807) is 24.3 Å². The van der Waals surface area contributed by atoms with Gasteiger partial charge in [0.1, 0.15) is 11.5 Å². The van der Waals surface area contributed by atoms with Gasteiger partial charge >= 0.3 is 0 Å². The van der Waals surface area contributed by atoms with Gasteiger partial charge in [-0.25, -0.2) is 8.78 Å². The Bertz CT molecular complexity index is 439. The van der Waals surface area contributed by atoms with Gasteiger partial charge in [-0.3, -0.25) is 4.79 Å². The third kappa shape index (κ3) is 5.55. The standard InChI is InChI=1S/C14H19F2NO4/c1-10(14(19)17(7-8-18)9-13(15)16)21-12-5-3-11(20-2)4-6-12/h3-6,10,13,18H,7-9H2,1-2H3. The zero-order chi connectivity index (χ0) is 15.8. The molecule has 7 heteroatoms. The third-order valence-corrected chi connectivity index (χ3v) is 2.76. The Morgan fingerprint density at radius 3 is 2.33 bits per heavy atom. The van der Waals surface area contributed by atoms with E-state index in [4.69, 9.17) is 14.6 Å². The molecule has 0 radical (unpaired) electrons. The molecule has 0 fully saturated rings. The number of benzene rings is 1. The van der Waals surface area contributed by atoms with E-state index in [9.17, 15) is 13.6 Å². The molecule has 1 aromatic rings. The van der Waals surface area contributed by atoms with Crippen LogP contribution >= 0.6 is 0 Å². The first kappa shape index (κ1) is 17.2. The van der Waals surface area contributed by atoms with Gasteiger partial charge in [0.15, 0.2) is 6.10 Å². The summed E-state index contributed by atoms with van der Waals surface area (Å²) in [6, 6.07) is 6.56. The van der Waals surface area contributed by atoms with Crippen molar-refractivity contribution in [1.82, 2.24) is 4.90 Å². The molecule has 0 aliphatic heterocycles. The largest absolute Gasteiger partial charge is 0.497 e. The summed E-state index contributed by atoms with van der Waals surface area (Å²) in [6.07, 6.45) is -3.59. The first-order valence-corrected chi connectivity index (χ1v) is 6.46. The number of halogens is 2. The number of aliphatic hydroxyl groups is 1. The summed E-state index contributed by atoms with van der Waals surface area (Å²) in [5.74, 6) is 0.471. The van der Waals surface area contributed by atoms with Crippen LogP contribution in [0.3, 0.4) is 0 Å². The number of alkyl halides is 2. The zero-order valence-corrected chi connectivity index (χ0v) is 12.0. The number of carbonyl (C=O) groups excluding carboxylic acids is 1. The lowest BCUT2D eigenvalue weighted by Gasteiger charge is -2.25. The molecule has 0 aliphatic rings. The van der Waals surface area contributed by atoms with Crippen LogP contribution in [-0.2, 0) is 4.79 Å². The van der Waals surface area contributed by atoms with Crippen LogP contribution < -0.4 is 9.47 Å².